The maximum absolute atomic E-state index is 3.78. The van der Waals surface area contributed by atoms with E-state index in [9.17, 15) is 0 Å². The minimum Gasteiger partial charge on any atom is -0.354 e. The zero-order valence-electron chi connectivity index (χ0n) is 17.6. The Kier molecular flexibility index (Phi) is 2.59. The van der Waals surface area contributed by atoms with Crippen LogP contribution in [-0.4, -0.2) is 14.4 Å². The average Bonchev–Trinajstić information content (AvgIpc) is 3.59. The summed E-state index contributed by atoms with van der Waals surface area (Å²) in [6.07, 6.45) is 0. The summed E-state index contributed by atoms with van der Waals surface area (Å²) in [5, 5.41) is 10.4. The van der Waals surface area contributed by atoms with E-state index < -0.39 is 0 Å². The van der Waals surface area contributed by atoms with Crippen molar-refractivity contribution in [1.29, 1.82) is 0 Å². The number of para-hydroxylation sites is 3. The summed E-state index contributed by atoms with van der Waals surface area (Å²) < 4.78 is 2.46. The van der Waals surface area contributed by atoms with Crippen LogP contribution in [0.5, 0.6) is 0 Å². The van der Waals surface area contributed by atoms with Crippen LogP contribution in [0.1, 0.15) is 0 Å². The SMILES string of the molecule is c1ccc2c(c1)[nH]c1c2ccc2c1c1c3[nH]c4ccccc4c3cc3c4ccccc4n2c31. The van der Waals surface area contributed by atoms with E-state index in [1.54, 1.807) is 0 Å². The second-order valence-corrected chi connectivity index (χ2v) is 9.15. The minimum absolute atomic E-state index is 1.18. The maximum atomic E-state index is 3.78. The van der Waals surface area contributed by atoms with Gasteiger partial charge in [-0.05, 0) is 30.3 Å². The van der Waals surface area contributed by atoms with Gasteiger partial charge in [0.25, 0.3) is 0 Å². The molecule has 9 aromatic rings. The van der Waals surface area contributed by atoms with Crippen LogP contribution in [0.3, 0.4) is 0 Å². The average molecular weight is 419 g/mol. The smallest absolute Gasteiger partial charge is 0.0642 e. The van der Waals surface area contributed by atoms with Crippen molar-refractivity contribution >= 4 is 81.7 Å². The van der Waals surface area contributed by atoms with Crippen LogP contribution in [0.25, 0.3) is 81.7 Å². The lowest BCUT2D eigenvalue weighted by Crippen LogP contribution is -1.80. The number of hydrogen-bond acceptors (Lipinski definition) is 0. The van der Waals surface area contributed by atoms with Gasteiger partial charge in [-0.15, -0.1) is 0 Å². The lowest BCUT2D eigenvalue weighted by atomic mass is 10.0. The molecule has 0 atom stereocenters. The zero-order valence-corrected chi connectivity index (χ0v) is 17.6. The van der Waals surface area contributed by atoms with E-state index in [4.69, 9.17) is 0 Å². The molecule has 0 bridgehead atoms. The third-order valence-corrected chi connectivity index (χ3v) is 7.59. The molecular formula is C30H17N3. The number of nitrogens with one attached hydrogen (secondary N) is 2. The molecule has 0 saturated carbocycles. The van der Waals surface area contributed by atoms with Crippen molar-refractivity contribution in [3.63, 3.8) is 0 Å². The van der Waals surface area contributed by atoms with E-state index in [0.717, 1.165) is 0 Å². The monoisotopic (exact) mass is 419 g/mol. The summed E-state index contributed by atoms with van der Waals surface area (Å²) in [5.74, 6) is 0. The molecular weight excluding hydrogens is 402 g/mol. The van der Waals surface area contributed by atoms with Gasteiger partial charge in [-0.1, -0.05) is 60.7 Å². The van der Waals surface area contributed by atoms with E-state index in [1.165, 1.54) is 81.7 Å². The molecule has 2 N–H and O–H groups in total. The summed E-state index contributed by atoms with van der Waals surface area (Å²) in [4.78, 5) is 7.54. The van der Waals surface area contributed by atoms with E-state index in [1.807, 2.05) is 0 Å². The van der Waals surface area contributed by atoms with Crippen molar-refractivity contribution in [2.75, 3.05) is 0 Å². The molecule has 0 saturated heterocycles. The molecule has 33 heavy (non-hydrogen) atoms. The summed E-state index contributed by atoms with van der Waals surface area (Å²) in [5.41, 5.74) is 8.62. The lowest BCUT2D eigenvalue weighted by Gasteiger charge is -2.01. The van der Waals surface area contributed by atoms with Gasteiger partial charge in [-0.3, -0.25) is 0 Å². The standard InChI is InChI=1S/C30H17N3/c1-4-10-22-16(7-1)19-13-14-25-26(28(19)31-22)27-29-20(17-8-2-5-11-23(17)32-29)15-21-18-9-3-6-12-24(18)33(25)30(21)27/h1-15,31-32H. The molecule has 0 radical (unpaired) electrons. The molecule has 3 heteroatoms. The first-order chi connectivity index (χ1) is 16.4. The number of aromatic amines is 2. The molecule has 3 nitrogen and oxygen atoms in total. The summed E-state index contributed by atoms with van der Waals surface area (Å²) in [6, 6.07) is 33.0. The number of rotatable bonds is 0. The minimum atomic E-state index is 1.18. The number of fused-ring (bicyclic) bond motifs is 14. The van der Waals surface area contributed by atoms with Crippen molar-refractivity contribution < 1.29 is 0 Å². The van der Waals surface area contributed by atoms with Crippen LogP contribution in [0.4, 0.5) is 0 Å². The third-order valence-electron chi connectivity index (χ3n) is 7.59. The Hall–Kier alpha value is -4.50. The van der Waals surface area contributed by atoms with Gasteiger partial charge in [0.05, 0.1) is 27.6 Å². The van der Waals surface area contributed by atoms with Gasteiger partial charge in [0.1, 0.15) is 0 Å². The van der Waals surface area contributed by atoms with E-state index in [-0.39, 0.29) is 0 Å². The second kappa shape index (κ2) is 5.28. The van der Waals surface area contributed by atoms with E-state index in [2.05, 4.69) is 105 Å². The predicted molar refractivity (Wildman–Crippen MR) is 140 cm³/mol. The van der Waals surface area contributed by atoms with Crippen molar-refractivity contribution in [2.45, 2.75) is 0 Å². The molecule has 4 aromatic heterocycles. The number of nitrogens with zero attached hydrogens (tertiary/aromatic N) is 1. The van der Waals surface area contributed by atoms with Crippen molar-refractivity contribution in [2.24, 2.45) is 0 Å². The molecule has 0 aliphatic rings. The van der Waals surface area contributed by atoms with Crippen molar-refractivity contribution in [3.8, 4) is 0 Å². The van der Waals surface area contributed by atoms with Crippen molar-refractivity contribution in [1.82, 2.24) is 14.4 Å². The highest BCUT2D eigenvalue weighted by atomic mass is 14.9. The Morgan fingerprint density at radius 2 is 1.09 bits per heavy atom. The fourth-order valence-corrected chi connectivity index (χ4v) is 6.27. The van der Waals surface area contributed by atoms with Crippen molar-refractivity contribution in [3.05, 3.63) is 91.0 Å². The Morgan fingerprint density at radius 3 is 1.88 bits per heavy atom. The quantitative estimate of drug-likeness (QED) is 0.249. The fraction of sp³-hybridized carbons (Fsp3) is 0. The normalized spacial score (nSPS) is 12.8. The van der Waals surface area contributed by atoms with Crippen LogP contribution >= 0.6 is 0 Å². The summed E-state index contributed by atoms with van der Waals surface area (Å²) in [7, 11) is 0. The van der Waals surface area contributed by atoms with E-state index in [0.29, 0.717) is 0 Å². The molecule has 0 aliphatic carbocycles. The first-order valence-electron chi connectivity index (χ1n) is 11.4. The van der Waals surface area contributed by atoms with Crippen LogP contribution < -0.4 is 0 Å². The predicted octanol–water partition coefficient (Wildman–Crippen LogP) is 8.11. The van der Waals surface area contributed by atoms with Gasteiger partial charge >= 0.3 is 0 Å². The molecule has 0 amide bonds. The second-order valence-electron chi connectivity index (χ2n) is 9.15. The van der Waals surface area contributed by atoms with Gasteiger partial charge < -0.3 is 14.4 Å². The van der Waals surface area contributed by atoms with E-state index >= 15 is 0 Å². The molecule has 0 unspecified atom stereocenters. The summed E-state index contributed by atoms with van der Waals surface area (Å²) in [6.45, 7) is 0. The number of benzene rings is 5. The number of aromatic nitrogens is 3. The Morgan fingerprint density at radius 1 is 0.455 bits per heavy atom. The summed E-state index contributed by atoms with van der Waals surface area (Å²) >= 11 is 0. The number of H-pyrrole nitrogens is 2. The largest absolute Gasteiger partial charge is 0.354 e. The van der Waals surface area contributed by atoms with Crippen LogP contribution in [0.2, 0.25) is 0 Å². The van der Waals surface area contributed by atoms with Crippen LogP contribution in [0, 0.1) is 0 Å². The topological polar surface area (TPSA) is 36.0 Å². The number of hydrogen-bond donors (Lipinski definition) is 2. The molecule has 0 fully saturated rings. The van der Waals surface area contributed by atoms with Gasteiger partial charge in [0.2, 0.25) is 0 Å². The highest BCUT2D eigenvalue weighted by molar-refractivity contribution is 6.37. The van der Waals surface area contributed by atoms with Crippen LogP contribution in [-0.2, 0) is 0 Å². The van der Waals surface area contributed by atoms with Gasteiger partial charge in [-0.25, -0.2) is 0 Å². The molecule has 4 heterocycles. The zero-order chi connectivity index (χ0) is 21.3. The highest BCUT2D eigenvalue weighted by Gasteiger charge is 2.23. The molecule has 9 rings (SSSR count). The third kappa shape index (κ3) is 1.74. The van der Waals surface area contributed by atoms with Gasteiger partial charge in [0.15, 0.2) is 0 Å². The van der Waals surface area contributed by atoms with Gasteiger partial charge in [0, 0.05) is 54.1 Å². The Bertz CT molecular complexity index is 2240. The molecule has 0 spiro atoms. The lowest BCUT2D eigenvalue weighted by molar-refractivity contribution is 1.37. The molecule has 152 valence electrons. The molecule has 0 aliphatic heterocycles. The first-order valence-corrected chi connectivity index (χ1v) is 11.4. The molecule has 5 aromatic carbocycles. The van der Waals surface area contributed by atoms with Crippen LogP contribution in [0.15, 0.2) is 91.0 Å². The highest BCUT2D eigenvalue weighted by Crippen LogP contribution is 2.46. The Labute approximate surface area is 187 Å². The first kappa shape index (κ1) is 16.2. The fourth-order valence-electron chi connectivity index (χ4n) is 6.27. The Balaban J connectivity index is 1.70. The maximum Gasteiger partial charge on any atom is 0.0642 e. The van der Waals surface area contributed by atoms with Gasteiger partial charge in [-0.2, -0.15) is 0 Å².